The molecular formula is C20H22O3S. The van der Waals surface area contributed by atoms with Crippen LogP contribution in [0.15, 0.2) is 59.5 Å². The Morgan fingerprint density at radius 3 is 2.00 bits per heavy atom. The summed E-state index contributed by atoms with van der Waals surface area (Å²) in [6.07, 6.45) is 1.25. The molecule has 0 N–H and O–H groups in total. The molecule has 0 heterocycles. The van der Waals surface area contributed by atoms with E-state index in [1.54, 1.807) is 19.2 Å². The number of sulfone groups is 1. The normalized spacial score (nSPS) is 19.9. The molecule has 4 heteroatoms. The standard InChI is InChI=1S/C20H22O3S/c1-20(2)18(15-10-12-16(13-11-15)24(4,21)22)17(19(20)23-3)14-8-6-5-7-9-14/h5-13,19H,1-4H3. The fourth-order valence-electron chi connectivity index (χ4n) is 3.61. The first kappa shape index (κ1) is 16.9. The smallest absolute Gasteiger partial charge is 0.175 e. The van der Waals surface area contributed by atoms with Crippen LogP contribution in [-0.4, -0.2) is 27.9 Å². The van der Waals surface area contributed by atoms with Crippen LogP contribution in [-0.2, 0) is 14.6 Å². The summed E-state index contributed by atoms with van der Waals surface area (Å²) in [6, 6.07) is 17.3. The summed E-state index contributed by atoms with van der Waals surface area (Å²) in [5, 5.41) is 0. The SMILES string of the molecule is COC1C(c2ccccc2)=C(c2ccc(S(C)(=O)=O)cc2)C1(C)C. The lowest BCUT2D eigenvalue weighted by atomic mass is 9.60. The molecular weight excluding hydrogens is 320 g/mol. The summed E-state index contributed by atoms with van der Waals surface area (Å²) in [6.45, 7) is 4.32. The molecule has 2 aromatic carbocycles. The van der Waals surface area contributed by atoms with Gasteiger partial charge in [-0.25, -0.2) is 8.42 Å². The van der Waals surface area contributed by atoms with Crippen molar-refractivity contribution in [2.75, 3.05) is 13.4 Å². The molecule has 0 bridgehead atoms. The zero-order valence-corrected chi connectivity index (χ0v) is 15.2. The molecule has 0 spiro atoms. The van der Waals surface area contributed by atoms with Crippen molar-refractivity contribution in [3.8, 4) is 0 Å². The van der Waals surface area contributed by atoms with Gasteiger partial charge in [-0.05, 0) is 34.4 Å². The van der Waals surface area contributed by atoms with Gasteiger partial charge < -0.3 is 4.74 Å². The van der Waals surface area contributed by atoms with Gasteiger partial charge in [-0.1, -0.05) is 56.3 Å². The first-order chi connectivity index (χ1) is 11.3. The number of benzene rings is 2. The topological polar surface area (TPSA) is 43.4 Å². The fraction of sp³-hybridized carbons (Fsp3) is 0.300. The Kier molecular flexibility index (Phi) is 4.14. The Bertz CT molecular complexity index is 876. The minimum absolute atomic E-state index is 0.0180. The van der Waals surface area contributed by atoms with Crippen molar-refractivity contribution in [1.82, 2.24) is 0 Å². The molecule has 0 saturated heterocycles. The average Bonchev–Trinajstić information content (AvgIpc) is 2.53. The summed E-state index contributed by atoms with van der Waals surface area (Å²) >= 11 is 0. The van der Waals surface area contributed by atoms with Crippen molar-refractivity contribution >= 4 is 21.0 Å². The van der Waals surface area contributed by atoms with Crippen molar-refractivity contribution in [3.63, 3.8) is 0 Å². The maximum Gasteiger partial charge on any atom is 0.175 e. The summed E-state index contributed by atoms with van der Waals surface area (Å²) in [7, 11) is -1.45. The Labute approximate surface area is 143 Å². The zero-order chi connectivity index (χ0) is 17.5. The highest BCUT2D eigenvalue weighted by atomic mass is 32.2. The van der Waals surface area contributed by atoms with E-state index in [0.717, 1.165) is 11.1 Å². The van der Waals surface area contributed by atoms with Crippen LogP contribution in [0.5, 0.6) is 0 Å². The van der Waals surface area contributed by atoms with Gasteiger partial charge in [0.15, 0.2) is 9.84 Å². The number of hydrogen-bond donors (Lipinski definition) is 0. The highest BCUT2D eigenvalue weighted by molar-refractivity contribution is 7.90. The molecule has 0 fully saturated rings. The molecule has 0 aromatic heterocycles. The predicted octanol–water partition coefficient (Wildman–Crippen LogP) is 4.06. The van der Waals surface area contributed by atoms with Gasteiger partial charge in [0.05, 0.1) is 11.0 Å². The Morgan fingerprint density at radius 1 is 0.917 bits per heavy atom. The number of rotatable bonds is 4. The molecule has 1 atom stereocenters. The van der Waals surface area contributed by atoms with Crippen LogP contribution in [0.4, 0.5) is 0 Å². The highest BCUT2D eigenvalue weighted by Gasteiger charge is 2.48. The van der Waals surface area contributed by atoms with Crippen molar-refractivity contribution in [1.29, 1.82) is 0 Å². The van der Waals surface area contributed by atoms with E-state index in [2.05, 4.69) is 26.0 Å². The molecule has 3 rings (SSSR count). The van der Waals surface area contributed by atoms with Crippen LogP contribution in [0.2, 0.25) is 0 Å². The van der Waals surface area contributed by atoms with E-state index in [9.17, 15) is 8.42 Å². The van der Waals surface area contributed by atoms with Crippen LogP contribution >= 0.6 is 0 Å². The second kappa shape index (κ2) is 5.87. The average molecular weight is 342 g/mol. The van der Waals surface area contributed by atoms with Gasteiger partial charge in [0.2, 0.25) is 0 Å². The maximum absolute atomic E-state index is 11.7. The van der Waals surface area contributed by atoms with Crippen LogP contribution in [0.1, 0.15) is 25.0 Å². The van der Waals surface area contributed by atoms with E-state index in [0.29, 0.717) is 4.90 Å². The highest BCUT2D eigenvalue weighted by Crippen LogP contribution is 2.56. The zero-order valence-electron chi connectivity index (χ0n) is 14.4. The molecule has 0 saturated carbocycles. The van der Waals surface area contributed by atoms with E-state index in [4.69, 9.17) is 4.74 Å². The van der Waals surface area contributed by atoms with E-state index >= 15 is 0 Å². The summed E-state index contributed by atoms with van der Waals surface area (Å²) in [5.41, 5.74) is 4.44. The number of ether oxygens (including phenoxy) is 1. The molecule has 0 aliphatic heterocycles. The monoisotopic (exact) mass is 342 g/mol. The van der Waals surface area contributed by atoms with Crippen molar-refractivity contribution in [2.24, 2.45) is 5.41 Å². The van der Waals surface area contributed by atoms with Crippen LogP contribution < -0.4 is 0 Å². The van der Waals surface area contributed by atoms with Crippen LogP contribution in [0.3, 0.4) is 0 Å². The van der Waals surface area contributed by atoms with Gasteiger partial charge in [-0.15, -0.1) is 0 Å². The summed E-state index contributed by atoms with van der Waals surface area (Å²) < 4.78 is 29.1. The predicted molar refractivity (Wildman–Crippen MR) is 97.4 cm³/mol. The quantitative estimate of drug-likeness (QED) is 0.842. The number of hydrogen-bond acceptors (Lipinski definition) is 3. The largest absolute Gasteiger partial charge is 0.376 e. The lowest BCUT2D eigenvalue weighted by Crippen LogP contribution is -2.43. The van der Waals surface area contributed by atoms with Gasteiger partial charge in [0, 0.05) is 18.8 Å². The van der Waals surface area contributed by atoms with Gasteiger partial charge in [-0.2, -0.15) is 0 Å². The van der Waals surface area contributed by atoms with Gasteiger partial charge >= 0.3 is 0 Å². The molecule has 0 radical (unpaired) electrons. The second-order valence-electron chi connectivity index (χ2n) is 6.79. The first-order valence-corrected chi connectivity index (χ1v) is 9.79. The second-order valence-corrected chi connectivity index (χ2v) is 8.80. The van der Waals surface area contributed by atoms with E-state index < -0.39 is 9.84 Å². The Hall–Kier alpha value is -1.91. The third-order valence-corrected chi connectivity index (χ3v) is 5.85. The molecule has 3 nitrogen and oxygen atoms in total. The molecule has 24 heavy (non-hydrogen) atoms. The Balaban J connectivity index is 2.15. The van der Waals surface area contributed by atoms with Gasteiger partial charge in [-0.3, -0.25) is 0 Å². The first-order valence-electron chi connectivity index (χ1n) is 7.90. The van der Waals surface area contributed by atoms with E-state index in [1.165, 1.54) is 17.4 Å². The summed E-state index contributed by atoms with van der Waals surface area (Å²) in [4.78, 5) is 0.341. The molecule has 0 amide bonds. The van der Waals surface area contributed by atoms with Crippen molar-refractivity contribution in [3.05, 3.63) is 65.7 Å². The lowest BCUT2D eigenvalue weighted by Gasteiger charge is -2.48. The Morgan fingerprint density at radius 2 is 1.50 bits per heavy atom. The summed E-state index contributed by atoms with van der Waals surface area (Å²) in [5.74, 6) is 0. The van der Waals surface area contributed by atoms with Crippen LogP contribution in [0, 0.1) is 5.41 Å². The third kappa shape index (κ3) is 2.70. The minimum atomic E-state index is -3.18. The maximum atomic E-state index is 11.7. The van der Waals surface area contributed by atoms with Crippen molar-refractivity contribution < 1.29 is 13.2 Å². The van der Waals surface area contributed by atoms with Gasteiger partial charge in [0.25, 0.3) is 0 Å². The molecule has 1 unspecified atom stereocenters. The van der Waals surface area contributed by atoms with E-state index in [-0.39, 0.29) is 11.5 Å². The molecule has 126 valence electrons. The number of methoxy groups -OCH3 is 1. The molecule has 1 aliphatic rings. The van der Waals surface area contributed by atoms with E-state index in [1.807, 2.05) is 30.3 Å². The lowest BCUT2D eigenvalue weighted by molar-refractivity contribution is 0.0664. The molecule has 2 aromatic rings. The molecule has 1 aliphatic carbocycles. The van der Waals surface area contributed by atoms with Gasteiger partial charge in [0.1, 0.15) is 0 Å². The fourth-order valence-corrected chi connectivity index (χ4v) is 4.25. The van der Waals surface area contributed by atoms with Crippen molar-refractivity contribution in [2.45, 2.75) is 24.8 Å². The third-order valence-electron chi connectivity index (χ3n) is 4.72. The van der Waals surface area contributed by atoms with Crippen LogP contribution in [0.25, 0.3) is 11.1 Å². The minimum Gasteiger partial charge on any atom is -0.376 e.